The number of nitrogens with one attached hydrogen (secondary N) is 2. The maximum Gasteiger partial charge on any atom is 0.274 e. The van der Waals surface area contributed by atoms with Gasteiger partial charge in [-0.1, -0.05) is 12.8 Å². The van der Waals surface area contributed by atoms with E-state index in [0.717, 1.165) is 12.8 Å². The van der Waals surface area contributed by atoms with Crippen molar-refractivity contribution >= 4 is 17.5 Å². The first-order valence-electron chi connectivity index (χ1n) is 8.32. The summed E-state index contributed by atoms with van der Waals surface area (Å²) in [6, 6.07) is 7.18. The maximum absolute atomic E-state index is 12.5. The number of aromatic nitrogens is 2. The molecule has 0 atom stereocenters. The van der Waals surface area contributed by atoms with Crippen molar-refractivity contribution in [3.05, 3.63) is 36.2 Å². The van der Waals surface area contributed by atoms with Crippen LogP contribution in [0.2, 0.25) is 0 Å². The predicted molar refractivity (Wildman–Crippen MR) is 95.4 cm³/mol. The van der Waals surface area contributed by atoms with Crippen molar-refractivity contribution in [1.82, 2.24) is 9.97 Å². The number of rotatable bonds is 6. The molecular formula is C18H22N4O3. The summed E-state index contributed by atoms with van der Waals surface area (Å²) in [6.07, 6.45) is 6.26. The maximum atomic E-state index is 12.5. The molecule has 1 amide bonds. The van der Waals surface area contributed by atoms with Crippen molar-refractivity contribution < 1.29 is 14.3 Å². The lowest BCUT2D eigenvalue weighted by Gasteiger charge is -2.13. The molecule has 0 bridgehead atoms. The molecule has 7 nitrogen and oxygen atoms in total. The molecule has 0 saturated heterocycles. The number of hydrogen-bond donors (Lipinski definition) is 2. The Hall–Kier alpha value is -2.83. The van der Waals surface area contributed by atoms with E-state index in [-0.39, 0.29) is 5.91 Å². The van der Waals surface area contributed by atoms with Crippen LogP contribution in [-0.2, 0) is 0 Å². The van der Waals surface area contributed by atoms with Gasteiger partial charge in [-0.15, -0.1) is 0 Å². The Balaban J connectivity index is 1.70. The molecule has 0 spiro atoms. The summed E-state index contributed by atoms with van der Waals surface area (Å²) < 4.78 is 10.4. The van der Waals surface area contributed by atoms with E-state index in [0.29, 0.717) is 34.9 Å². The second kappa shape index (κ2) is 7.83. The van der Waals surface area contributed by atoms with Crippen LogP contribution < -0.4 is 20.1 Å². The Morgan fingerprint density at radius 1 is 1.12 bits per heavy atom. The number of anilines is 2. The van der Waals surface area contributed by atoms with Crippen molar-refractivity contribution in [2.24, 2.45) is 0 Å². The zero-order chi connectivity index (χ0) is 17.6. The number of amides is 1. The van der Waals surface area contributed by atoms with E-state index in [1.54, 1.807) is 44.7 Å². The first-order chi connectivity index (χ1) is 12.2. The highest BCUT2D eigenvalue weighted by Gasteiger charge is 2.17. The average Bonchev–Trinajstić information content (AvgIpc) is 3.14. The third-order valence-corrected chi connectivity index (χ3v) is 4.22. The van der Waals surface area contributed by atoms with Crippen LogP contribution >= 0.6 is 0 Å². The van der Waals surface area contributed by atoms with Crippen LogP contribution in [0.1, 0.15) is 36.2 Å². The molecular weight excluding hydrogens is 320 g/mol. The standard InChI is InChI=1S/C18H22N4O3/c1-24-15-8-7-13(11-16(15)25-2)20-17(23)14-9-10-19-18(22-14)21-12-5-3-4-6-12/h7-12H,3-6H2,1-2H3,(H,20,23)(H,19,21,22). The van der Waals surface area contributed by atoms with Gasteiger partial charge in [-0.25, -0.2) is 9.97 Å². The summed E-state index contributed by atoms with van der Waals surface area (Å²) in [5.41, 5.74) is 0.914. The monoisotopic (exact) mass is 342 g/mol. The Morgan fingerprint density at radius 3 is 2.60 bits per heavy atom. The van der Waals surface area contributed by atoms with E-state index in [4.69, 9.17) is 9.47 Å². The SMILES string of the molecule is COc1ccc(NC(=O)c2ccnc(NC3CCCC3)n2)cc1OC. The third kappa shape index (κ3) is 4.17. The fourth-order valence-electron chi connectivity index (χ4n) is 2.92. The lowest BCUT2D eigenvalue weighted by molar-refractivity contribution is 0.102. The van der Waals surface area contributed by atoms with Crippen LogP contribution in [0.25, 0.3) is 0 Å². The molecule has 3 rings (SSSR count). The smallest absolute Gasteiger partial charge is 0.274 e. The zero-order valence-corrected chi connectivity index (χ0v) is 14.4. The molecule has 7 heteroatoms. The summed E-state index contributed by atoms with van der Waals surface area (Å²) in [5, 5.41) is 6.11. The first-order valence-corrected chi connectivity index (χ1v) is 8.32. The van der Waals surface area contributed by atoms with Gasteiger partial charge in [0.25, 0.3) is 5.91 Å². The van der Waals surface area contributed by atoms with Gasteiger partial charge in [-0.3, -0.25) is 4.79 Å². The van der Waals surface area contributed by atoms with Gasteiger partial charge in [0.2, 0.25) is 5.95 Å². The molecule has 0 unspecified atom stereocenters. The third-order valence-electron chi connectivity index (χ3n) is 4.22. The van der Waals surface area contributed by atoms with Gasteiger partial charge in [0.1, 0.15) is 5.69 Å². The average molecular weight is 342 g/mol. The van der Waals surface area contributed by atoms with Crippen molar-refractivity contribution in [3.63, 3.8) is 0 Å². The van der Waals surface area contributed by atoms with Crippen LogP contribution in [0.15, 0.2) is 30.5 Å². The number of ether oxygens (including phenoxy) is 2. The van der Waals surface area contributed by atoms with Crippen molar-refractivity contribution in [2.75, 3.05) is 24.9 Å². The highest BCUT2D eigenvalue weighted by molar-refractivity contribution is 6.03. The van der Waals surface area contributed by atoms with Crippen molar-refractivity contribution in [2.45, 2.75) is 31.7 Å². The summed E-state index contributed by atoms with van der Waals surface area (Å²) in [6.45, 7) is 0. The van der Waals surface area contributed by atoms with Gasteiger partial charge in [0.15, 0.2) is 11.5 Å². The van der Waals surface area contributed by atoms with Gasteiger partial charge in [0, 0.05) is 24.0 Å². The number of nitrogens with zero attached hydrogens (tertiary/aromatic N) is 2. The molecule has 1 saturated carbocycles. The van der Waals surface area contributed by atoms with E-state index in [9.17, 15) is 4.79 Å². The van der Waals surface area contributed by atoms with E-state index >= 15 is 0 Å². The fourth-order valence-corrected chi connectivity index (χ4v) is 2.92. The molecule has 1 aliphatic carbocycles. The lowest BCUT2D eigenvalue weighted by atomic mass is 10.2. The number of methoxy groups -OCH3 is 2. The van der Waals surface area contributed by atoms with E-state index in [2.05, 4.69) is 20.6 Å². The first kappa shape index (κ1) is 17.0. The zero-order valence-electron chi connectivity index (χ0n) is 14.4. The van der Waals surface area contributed by atoms with Gasteiger partial charge in [-0.2, -0.15) is 0 Å². The van der Waals surface area contributed by atoms with Gasteiger partial charge in [-0.05, 0) is 31.0 Å². The molecule has 1 aromatic carbocycles. The number of hydrogen-bond acceptors (Lipinski definition) is 6. The van der Waals surface area contributed by atoms with E-state index in [1.165, 1.54) is 12.8 Å². The fraction of sp³-hybridized carbons (Fsp3) is 0.389. The minimum atomic E-state index is -0.302. The Bertz CT molecular complexity index is 745. The van der Waals surface area contributed by atoms with Gasteiger partial charge < -0.3 is 20.1 Å². The summed E-state index contributed by atoms with van der Waals surface area (Å²) >= 11 is 0. The molecule has 132 valence electrons. The highest BCUT2D eigenvalue weighted by Crippen LogP contribution is 2.29. The summed E-state index contributed by atoms with van der Waals surface area (Å²) in [4.78, 5) is 21.0. The second-order valence-corrected chi connectivity index (χ2v) is 5.92. The number of carbonyl (C=O) groups excluding carboxylic acids is 1. The lowest BCUT2D eigenvalue weighted by Crippen LogP contribution is -2.19. The highest BCUT2D eigenvalue weighted by atomic mass is 16.5. The van der Waals surface area contributed by atoms with Crippen LogP contribution in [-0.4, -0.2) is 36.1 Å². The molecule has 0 radical (unpaired) electrons. The minimum Gasteiger partial charge on any atom is -0.493 e. The summed E-state index contributed by atoms with van der Waals surface area (Å²) in [7, 11) is 3.12. The van der Waals surface area contributed by atoms with Crippen molar-refractivity contribution in [1.29, 1.82) is 0 Å². The Kier molecular flexibility index (Phi) is 5.33. The molecule has 25 heavy (non-hydrogen) atoms. The normalized spacial score (nSPS) is 14.2. The predicted octanol–water partition coefficient (Wildman–Crippen LogP) is 3.10. The van der Waals surface area contributed by atoms with E-state index in [1.807, 2.05) is 0 Å². The van der Waals surface area contributed by atoms with Gasteiger partial charge in [0.05, 0.1) is 14.2 Å². The quantitative estimate of drug-likeness (QED) is 0.839. The number of benzene rings is 1. The van der Waals surface area contributed by atoms with Crippen LogP contribution in [0.4, 0.5) is 11.6 Å². The molecule has 1 aliphatic rings. The molecule has 1 heterocycles. The molecule has 0 aliphatic heterocycles. The molecule has 2 aromatic rings. The second-order valence-electron chi connectivity index (χ2n) is 5.92. The Labute approximate surface area is 146 Å². The van der Waals surface area contributed by atoms with Crippen LogP contribution in [0, 0.1) is 0 Å². The van der Waals surface area contributed by atoms with Crippen LogP contribution in [0.5, 0.6) is 11.5 Å². The largest absolute Gasteiger partial charge is 0.493 e. The molecule has 2 N–H and O–H groups in total. The Morgan fingerprint density at radius 2 is 1.88 bits per heavy atom. The van der Waals surface area contributed by atoms with Crippen molar-refractivity contribution in [3.8, 4) is 11.5 Å². The van der Waals surface area contributed by atoms with E-state index < -0.39 is 0 Å². The molecule has 1 aromatic heterocycles. The topological polar surface area (TPSA) is 85.4 Å². The summed E-state index contributed by atoms with van der Waals surface area (Å²) in [5.74, 6) is 1.34. The van der Waals surface area contributed by atoms with Gasteiger partial charge >= 0.3 is 0 Å². The number of carbonyl (C=O) groups is 1. The van der Waals surface area contributed by atoms with Crippen LogP contribution in [0.3, 0.4) is 0 Å². The molecule has 1 fully saturated rings. The minimum absolute atomic E-state index is 0.302.